The van der Waals surface area contributed by atoms with Crippen LogP contribution in [0, 0.1) is 0 Å². The van der Waals surface area contributed by atoms with Gasteiger partial charge in [-0.2, -0.15) is 5.10 Å². The standard InChI is InChI=1S/C17H16N2O2/c20-16(14-11-18-19-9-2-1-8-15(14)19)13-7-3-5-12-6-4-10-21-17(12)13/h1-3,5,7-9,11,16,20H,4,6,10H2. The molecule has 0 amide bonds. The van der Waals surface area contributed by atoms with Gasteiger partial charge in [0.05, 0.1) is 18.3 Å². The fourth-order valence-corrected chi connectivity index (χ4v) is 2.96. The van der Waals surface area contributed by atoms with E-state index in [1.807, 2.05) is 36.5 Å². The van der Waals surface area contributed by atoms with E-state index in [0.29, 0.717) is 6.61 Å². The third kappa shape index (κ3) is 1.99. The monoisotopic (exact) mass is 280 g/mol. The molecule has 2 aromatic heterocycles. The first-order chi connectivity index (χ1) is 10.3. The van der Waals surface area contributed by atoms with Crippen molar-refractivity contribution < 1.29 is 9.84 Å². The number of pyridine rings is 1. The Hall–Kier alpha value is -2.33. The van der Waals surface area contributed by atoms with Gasteiger partial charge in [-0.1, -0.05) is 24.3 Å². The van der Waals surface area contributed by atoms with Crippen molar-refractivity contribution in [3.63, 3.8) is 0 Å². The summed E-state index contributed by atoms with van der Waals surface area (Å²) in [6, 6.07) is 11.8. The topological polar surface area (TPSA) is 46.8 Å². The molecule has 0 fully saturated rings. The highest BCUT2D eigenvalue weighted by atomic mass is 16.5. The van der Waals surface area contributed by atoms with E-state index in [9.17, 15) is 5.11 Å². The minimum Gasteiger partial charge on any atom is -0.493 e. The van der Waals surface area contributed by atoms with Crippen LogP contribution < -0.4 is 4.74 Å². The van der Waals surface area contributed by atoms with E-state index in [1.165, 1.54) is 5.56 Å². The van der Waals surface area contributed by atoms with Gasteiger partial charge in [-0.25, -0.2) is 4.52 Å². The molecule has 1 aliphatic heterocycles. The number of aryl methyl sites for hydroxylation is 1. The predicted octanol–water partition coefficient (Wildman–Crippen LogP) is 2.74. The van der Waals surface area contributed by atoms with Crippen LogP contribution >= 0.6 is 0 Å². The number of aromatic nitrogens is 2. The summed E-state index contributed by atoms with van der Waals surface area (Å²) in [5, 5.41) is 15.1. The quantitative estimate of drug-likeness (QED) is 0.785. The summed E-state index contributed by atoms with van der Waals surface area (Å²) in [6.07, 6.45) is 4.91. The Morgan fingerprint density at radius 1 is 1.14 bits per heavy atom. The second-order valence-corrected chi connectivity index (χ2v) is 5.32. The van der Waals surface area contributed by atoms with E-state index in [1.54, 1.807) is 10.7 Å². The number of rotatable bonds is 2. The Morgan fingerprint density at radius 2 is 2.10 bits per heavy atom. The van der Waals surface area contributed by atoms with Gasteiger partial charge in [0, 0.05) is 17.3 Å². The Labute approximate surface area is 122 Å². The number of para-hydroxylation sites is 1. The van der Waals surface area contributed by atoms with E-state index < -0.39 is 6.10 Å². The summed E-state index contributed by atoms with van der Waals surface area (Å²) in [7, 11) is 0. The molecule has 0 radical (unpaired) electrons. The lowest BCUT2D eigenvalue weighted by Crippen LogP contribution is -2.12. The van der Waals surface area contributed by atoms with Crippen LogP contribution in [0.2, 0.25) is 0 Å². The van der Waals surface area contributed by atoms with Crippen molar-refractivity contribution in [2.75, 3.05) is 6.61 Å². The van der Waals surface area contributed by atoms with E-state index in [2.05, 4.69) is 11.2 Å². The maximum atomic E-state index is 10.8. The first kappa shape index (κ1) is 12.4. The van der Waals surface area contributed by atoms with E-state index >= 15 is 0 Å². The number of benzene rings is 1. The molecule has 3 aromatic rings. The van der Waals surface area contributed by atoms with Crippen molar-refractivity contribution in [3.8, 4) is 5.75 Å². The fraction of sp³-hybridized carbons (Fsp3) is 0.235. The number of aliphatic hydroxyl groups excluding tert-OH is 1. The minimum atomic E-state index is -0.724. The largest absolute Gasteiger partial charge is 0.493 e. The molecular weight excluding hydrogens is 264 g/mol. The molecule has 0 spiro atoms. The van der Waals surface area contributed by atoms with Crippen LogP contribution in [-0.4, -0.2) is 21.3 Å². The summed E-state index contributed by atoms with van der Waals surface area (Å²) in [5.74, 6) is 0.839. The molecule has 1 aromatic carbocycles. The molecule has 0 bridgehead atoms. The first-order valence-corrected chi connectivity index (χ1v) is 7.19. The third-order valence-electron chi connectivity index (χ3n) is 4.01. The van der Waals surface area contributed by atoms with Crippen LogP contribution in [0.3, 0.4) is 0 Å². The SMILES string of the molecule is OC(c1cccc2c1OCCC2)c1cnn2ccccc12. The summed E-state index contributed by atoms with van der Waals surface area (Å²) in [4.78, 5) is 0. The number of ether oxygens (including phenoxy) is 1. The van der Waals surface area contributed by atoms with Crippen molar-refractivity contribution >= 4 is 5.52 Å². The highest BCUT2D eigenvalue weighted by Gasteiger charge is 2.22. The molecule has 4 nitrogen and oxygen atoms in total. The van der Waals surface area contributed by atoms with E-state index in [4.69, 9.17) is 4.74 Å². The van der Waals surface area contributed by atoms with Gasteiger partial charge in [-0.05, 0) is 30.5 Å². The van der Waals surface area contributed by atoms with Gasteiger partial charge in [-0.15, -0.1) is 0 Å². The molecule has 4 rings (SSSR count). The molecule has 0 saturated heterocycles. The Morgan fingerprint density at radius 3 is 3.05 bits per heavy atom. The van der Waals surface area contributed by atoms with Crippen LogP contribution in [0.4, 0.5) is 0 Å². The van der Waals surface area contributed by atoms with Crippen LogP contribution in [-0.2, 0) is 6.42 Å². The molecule has 3 heterocycles. The lowest BCUT2D eigenvalue weighted by atomic mass is 9.96. The second-order valence-electron chi connectivity index (χ2n) is 5.32. The molecule has 106 valence electrons. The number of hydrogen-bond acceptors (Lipinski definition) is 3. The first-order valence-electron chi connectivity index (χ1n) is 7.19. The van der Waals surface area contributed by atoms with Crippen molar-refractivity contribution in [1.82, 2.24) is 9.61 Å². The average molecular weight is 280 g/mol. The molecule has 21 heavy (non-hydrogen) atoms. The summed E-state index contributed by atoms with van der Waals surface area (Å²) >= 11 is 0. The fourth-order valence-electron chi connectivity index (χ4n) is 2.96. The number of nitrogens with zero attached hydrogens (tertiary/aromatic N) is 2. The molecule has 0 aliphatic carbocycles. The van der Waals surface area contributed by atoms with Crippen LogP contribution in [0.15, 0.2) is 48.8 Å². The average Bonchev–Trinajstić information content (AvgIpc) is 2.98. The number of hydrogen-bond donors (Lipinski definition) is 1. The highest BCUT2D eigenvalue weighted by molar-refractivity contribution is 5.58. The lowest BCUT2D eigenvalue weighted by Gasteiger charge is -2.22. The van der Waals surface area contributed by atoms with Crippen LogP contribution in [0.1, 0.15) is 29.2 Å². The van der Waals surface area contributed by atoms with Crippen molar-refractivity contribution in [2.24, 2.45) is 0 Å². The van der Waals surface area contributed by atoms with Gasteiger partial charge in [0.25, 0.3) is 0 Å². The summed E-state index contributed by atoms with van der Waals surface area (Å²) in [6.45, 7) is 0.714. The van der Waals surface area contributed by atoms with Gasteiger partial charge in [0.15, 0.2) is 0 Å². The molecule has 1 atom stereocenters. The second kappa shape index (κ2) is 4.90. The Bertz CT molecular complexity index is 794. The zero-order valence-electron chi connectivity index (χ0n) is 11.6. The van der Waals surface area contributed by atoms with E-state index in [0.717, 1.165) is 35.2 Å². The van der Waals surface area contributed by atoms with Gasteiger partial charge in [-0.3, -0.25) is 0 Å². The number of aliphatic hydroxyl groups is 1. The summed E-state index contributed by atoms with van der Waals surface area (Å²) < 4.78 is 7.57. The normalized spacial score (nSPS) is 15.5. The molecule has 4 heteroatoms. The van der Waals surface area contributed by atoms with Crippen molar-refractivity contribution in [1.29, 1.82) is 0 Å². The van der Waals surface area contributed by atoms with Crippen LogP contribution in [0.25, 0.3) is 5.52 Å². The molecule has 0 saturated carbocycles. The molecule has 1 N–H and O–H groups in total. The zero-order valence-corrected chi connectivity index (χ0v) is 11.6. The van der Waals surface area contributed by atoms with Gasteiger partial charge in [0.2, 0.25) is 0 Å². The molecular formula is C17H16N2O2. The van der Waals surface area contributed by atoms with Gasteiger partial charge >= 0.3 is 0 Å². The van der Waals surface area contributed by atoms with Crippen molar-refractivity contribution in [3.05, 3.63) is 65.5 Å². The molecule has 1 unspecified atom stereocenters. The Kier molecular flexibility index (Phi) is 2.89. The minimum absolute atomic E-state index is 0.714. The van der Waals surface area contributed by atoms with Crippen LogP contribution in [0.5, 0.6) is 5.75 Å². The number of fused-ring (bicyclic) bond motifs is 2. The van der Waals surface area contributed by atoms with Gasteiger partial charge in [0.1, 0.15) is 11.9 Å². The maximum absolute atomic E-state index is 10.8. The van der Waals surface area contributed by atoms with Gasteiger partial charge < -0.3 is 9.84 Å². The third-order valence-corrected chi connectivity index (χ3v) is 4.01. The zero-order chi connectivity index (χ0) is 14.2. The summed E-state index contributed by atoms with van der Waals surface area (Å²) in [5.41, 5.74) is 3.72. The Balaban J connectivity index is 1.83. The van der Waals surface area contributed by atoms with Crippen molar-refractivity contribution in [2.45, 2.75) is 18.9 Å². The van der Waals surface area contributed by atoms with E-state index in [-0.39, 0.29) is 0 Å². The molecule has 1 aliphatic rings. The highest BCUT2D eigenvalue weighted by Crippen LogP contribution is 2.36. The maximum Gasteiger partial charge on any atom is 0.128 e. The predicted molar refractivity (Wildman–Crippen MR) is 79.5 cm³/mol. The lowest BCUT2D eigenvalue weighted by molar-refractivity contribution is 0.208. The smallest absolute Gasteiger partial charge is 0.128 e.